The number of alkyl halides is 12. The highest BCUT2D eigenvalue weighted by Gasteiger charge is 2.80. The maximum absolute atomic E-state index is 13.3. The van der Waals surface area contributed by atoms with Crippen molar-refractivity contribution in [2.24, 2.45) is 181 Å². The summed E-state index contributed by atoms with van der Waals surface area (Å²) in [6, 6.07) is 0. The van der Waals surface area contributed by atoms with Crippen molar-refractivity contribution in [2.45, 2.75) is 471 Å². The number of carboxylic acid groups (broad SMARTS) is 1. The van der Waals surface area contributed by atoms with Crippen molar-refractivity contribution in [1.29, 1.82) is 0 Å². The van der Waals surface area contributed by atoms with E-state index in [2.05, 4.69) is 62.3 Å². The van der Waals surface area contributed by atoms with Gasteiger partial charge >= 0.3 is 72.5 Å². The van der Waals surface area contributed by atoms with Gasteiger partial charge in [-0.05, 0) is 374 Å². The summed E-state index contributed by atoms with van der Waals surface area (Å²) in [7, 11) is 0. The smallest absolute Gasteiger partial charge is 0.426 e. The summed E-state index contributed by atoms with van der Waals surface area (Å²) in [5, 5.41) is 39.2. The Morgan fingerprint density at radius 1 is 0.432 bits per heavy atom. The first-order valence-electron chi connectivity index (χ1n) is 56.4. The molecule has 33 heteroatoms. The molecule has 5 heterocycles. The molecule has 5 saturated heterocycles. The maximum atomic E-state index is 13.3. The number of hydrogen-bond acceptors (Lipinski definition) is 20. The van der Waals surface area contributed by atoms with Crippen molar-refractivity contribution in [3.8, 4) is 0 Å². The van der Waals surface area contributed by atoms with Crippen molar-refractivity contribution in [3.05, 3.63) is 0 Å². The first kappa shape index (κ1) is 116. The molecule has 834 valence electrons. The molecule has 21 aliphatic rings. The van der Waals surface area contributed by atoms with Gasteiger partial charge in [0.15, 0.2) is 12.2 Å². The molecule has 0 spiro atoms. The van der Waals surface area contributed by atoms with Crippen LogP contribution >= 0.6 is 0 Å². The van der Waals surface area contributed by atoms with Gasteiger partial charge in [0.1, 0.15) is 29.0 Å². The molecule has 21 fully saturated rings. The van der Waals surface area contributed by atoms with Gasteiger partial charge in [-0.25, -0.2) is 0 Å². The van der Waals surface area contributed by atoms with Gasteiger partial charge in [0.05, 0.1) is 75.9 Å². The van der Waals surface area contributed by atoms with E-state index >= 15 is 0 Å². The molecular weight excluding hydrogens is 1920 g/mol. The standard InChI is InChI=1S/C21H34O2.C20H32O2.C18H22F12O4.C16H26O3.C15H24O2.C13H18O5.C10H16O3/c1-4-13-10-14(5-2)19-16-11-15(18(13)19)12-17(16)20(22)23-21(3)8-6-7-9-21;1-5-19(3,4)18(21)22-20(6-2)11-14-10-15(20)17-13-8-7-12(9-13)16(14)17;1-4-12(2,3)11(31)34-10-6-8(13(32,15(19,20)21)16(22,23)24)5-9(7-10)14(33,17(25,26)27)18(28,29)30;1-4-14(2,3)13(17)19-16-8-11-5-12(9-16)7-15(18,6-11)10-16;1-3-8-5-9(4-2)14-11-6-10(13(8)14)7-12(11)15(16)17;1-4-13(2,3)12(15)18-9-7-5-6-8(16-7)10(9)17-11(6)14;1-3-7-6-5-12-10(11)9(6)8(4-2)13-7/h13-19H,4-12H2,1-3H3;12-17H,5-11H2,1-4H3;8-10,32-33H,4-7H2,1-3H3;11-12,18H,4-10H2,1-3H3;8-14H,3-7H2,1-2H3,(H,16,17);6-10H,4-5H2,1-3H3;6-9H,3-5H2,1-2H3. The lowest BCUT2D eigenvalue weighted by Gasteiger charge is -2.59. The first-order valence-corrected chi connectivity index (χ1v) is 56.4. The predicted molar refractivity (Wildman–Crippen MR) is 515 cm³/mol. The van der Waals surface area contributed by atoms with Crippen molar-refractivity contribution in [3.63, 3.8) is 0 Å². The van der Waals surface area contributed by atoms with Gasteiger partial charge in [-0.2, -0.15) is 52.7 Å². The van der Waals surface area contributed by atoms with Gasteiger partial charge in [-0.1, -0.05) is 102 Å². The summed E-state index contributed by atoms with van der Waals surface area (Å²) in [6.45, 7) is 40.0. The van der Waals surface area contributed by atoms with Gasteiger partial charge in [0, 0.05) is 30.1 Å². The molecule has 0 aromatic carbocycles. The quantitative estimate of drug-likeness (QED) is 0.0302. The first-order chi connectivity index (χ1) is 67.9. The number of fused-ring (bicyclic) bond motifs is 21. The lowest BCUT2D eigenvalue weighted by atomic mass is 9.52. The Morgan fingerprint density at radius 2 is 0.890 bits per heavy atom. The average molecular weight is 2090 g/mol. The fourth-order valence-electron chi connectivity index (χ4n) is 33.4. The van der Waals surface area contributed by atoms with Crippen LogP contribution in [0, 0.1) is 181 Å². The SMILES string of the molecule is CCC(C)(C)C(=O)OC1(CC)CC2CC1C1C3CCC(C3)C21.CCC(C)(C)C(=O)OC12CC3CC(CC(O)(C3)C1)C2.CCC(C)(C)C(=O)OC1C2CC3C(=O)OC1C3O2.CCC(C)(C)C(=O)OC1CC(C(O)(C(F)(F)F)C(F)(F)F)CC(C(O)(C(F)(F)F)C(F)(F)F)C1.CCC1CC(CC)C2C3CC(CC3C(=O)O)C12.CCC1CC(CC)C2C3CC(CC3C(=O)OC3(C)CCCC3)C12.CCC1OC(CC)C2C(=O)OCC12. The summed E-state index contributed by atoms with van der Waals surface area (Å²) < 4.78 is 210. The van der Waals surface area contributed by atoms with Crippen molar-refractivity contribution in [2.75, 3.05) is 6.61 Å². The van der Waals surface area contributed by atoms with E-state index < -0.39 is 119 Å². The molecule has 21 rings (SSSR count). The highest BCUT2D eigenvalue weighted by atomic mass is 19.4. The number of halogens is 12. The van der Waals surface area contributed by atoms with E-state index in [-0.39, 0.29) is 113 Å². The second kappa shape index (κ2) is 42.8. The van der Waals surface area contributed by atoms with Crippen LogP contribution in [-0.2, 0) is 81.0 Å². The Bertz CT molecular complexity index is 4510. The van der Waals surface area contributed by atoms with Crippen molar-refractivity contribution < 1.29 is 154 Å². The maximum Gasteiger partial charge on any atom is 0.426 e. The normalized spacial score (nSPS) is 41.1. The Balaban J connectivity index is 0.000000137. The van der Waals surface area contributed by atoms with E-state index in [4.69, 9.17) is 42.6 Å². The summed E-state index contributed by atoms with van der Waals surface area (Å²) in [5.74, 6) is 7.58. The third-order valence-corrected chi connectivity index (χ3v) is 42.3. The zero-order valence-corrected chi connectivity index (χ0v) is 90.1. The van der Waals surface area contributed by atoms with Crippen LogP contribution in [0.25, 0.3) is 0 Å². The van der Waals surface area contributed by atoms with E-state index in [9.17, 15) is 111 Å². The molecule has 0 radical (unpaired) electrons. The number of esters is 7. The van der Waals surface area contributed by atoms with Gasteiger partial charge < -0.3 is 63.1 Å². The Kier molecular flexibility index (Phi) is 34.1. The van der Waals surface area contributed by atoms with Crippen molar-refractivity contribution >= 4 is 47.8 Å². The predicted octanol–water partition coefficient (Wildman–Crippen LogP) is 24.4. The summed E-state index contributed by atoms with van der Waals surface area (Å²) in [5.41, 5.74) is -15.4. The average Bonchev–Trinajstić information content (AvgIpc) is 1.48. The molecule has 5 aliphatic heterocycles. The number of hydrogen-bond donors (Lipinski definition) is 4. The molecule has 0 aromatic heterocycles. The van der Waals surface area contributed by atoms with E-state index in [0.29, 0.717) is 61.4 Å². The lowest BCUT2D eigenvalue weighted by Crippen LogP contribution is -2.67. The molecule has 34 atom stereocenters. The molecular formula is C113H172F12O21. The van der Waals surface area contributed by atoms with Gasteiger partial charge in [0.2, 0.25) is 0 Å². The zero-order chi connectivity index (χ0) is 108. The minimum Gasteiger partial charge on any atom is -0.481 e. The van der Waals surface area contributed by atoms with Gasteiger partial charge in [-0.3, -0.25) is 38.4 Å². The van der Waals surface area contributed by atoms with E-state index in [1.807, 2.05) is 55.4 Å². The fraction of sp³-hybridized carbons (Fsp3) is 0.929. The van der Waals surface area contributed by atoms with Crippen LogP contribution in [-0.4, -0.2) is 176 Å². The number of carbonyl (C=O) groups is 8. The second-order valence-electron chi connectivity index (χ2n) is 51.9. The number of carbonyl (C=O) groups excluding carboxylic acids is 7. The topological polar surface area (TPSA) is 301 Å². The van der Waals surface area contributed by atoms with Crippen LogP contribution in [0.3, 0.4) is 0 Å². The number of cyclic esters (lactones) is 1. The largest absolute Gasteiger partial charge is 0.481 e. The molecule has 0 amide bonds. The lowest BCUT2D eigenvalue weighted by molar-refractivity contribution is -0.405. The highest BCUT2D eigenvalue weighted by Crippen LogP contribution is 2.73. The number of ether oxygens (including phenoxy) is 9. The van der Waals surface area contributed by atoms with Crippen LogP contribution < -0.4 is 0 Å². The third-order valence-electron chi connectivity index (χ3n) is 42.3. The fourth-order valence-corrected chi connectivity index (χ4v) is 33.4. The molecule has 34 unspecified atom stereocenters. The highest BCUT2D eigenvalue weighted by molar-refractivity contribution is 5.80. The molecule has 16 saturated carbocycles. The van der Waals surface area contributed by atoms with E-state index in [1.165, 1.54) is 117 Å². The minimum absolute atomic E-state index is 0.00842. The number of aliphatic carboxylic acids is 1. The van der Waals surface area contributed by atoms with Crippen molar-refractivity contribution in [1.82, 2.24) is 0 Å². The van der Waals surface area contributed by atoms with Gasteiger partial charge in [-0.15, -0.1) is 0 Å². The molecule has 0 aromatic rings. The monoisotopic (exact) mass is 2090 g/mol. The van der Waals surface area contributed by atoms with Crippen LogP contribution in [0.15, 0.2) is 0 Å². The third kappa shape index (κ3) is 21.6. The summed E-state index contributed by atoms with van der Waals surface area (Å²) in [6.07, 6.45) is 0.860. The van der Waals surface area contributed by atoms with Crippen LogP contribution in [0.4, 0.5) is 52.7 Å². The molecule has 4 N–H and O–H groups in total. The van der Waals surface area contributed by atoms with Crippen LogP contribution in [0.5, 0.6) is 0 Å². The Morgan fingerprint density at radius 3 is 1.35 bits per heavy atom. The van der Waals surface area contributed by atoms with E-state index in [1.54, 1.807) is 0 Å². The van der Waals surface area contributed by atoms with Gasteiger partial charge in [0.25, 0.3) is 11.2 Å². The second-order valence-corrected chi connectivity index (χ2v) is 51.9. The minimum atomic E-state index is -6.58. The van der Waals surface area contributed by atoms with E-state index in [0.717, 1.165) is 179 Å². The van der Waals surface area contributed by atoms with Crippen LogP contribution in [0.2, 0.25) is 0 Å². The summed E-state index contributed by atoms with van der Waals surface area (Å²) >= 11 is 0. The number of aliphatic hydroxyl groups is 3. The molecule has 16 aliphatic carbocycles. The zero-order valence-electron chi connectivity index (χ0n) is 90.1. The number of rotatable bonds is 24. The summed E-state index contributed by atoms with van der Waals surface area (Å²) in [4.78, 5) is 96.6. The Labute approximate surface area is 856 Å². The Hall–Kier alpha value is -5.28. The number of carboxylic acids is 1. The molecule has 14 bridgehead atoms. The molecule has 21 nitrogen and oxygen atoms in total. The molecule has 146 heavy (non-hydrogen) atoms. The van der Waals surface area contributed by atoms with Crippen LogP contribution in [0.1, 0.15) is 370 Å².